The van der Waals surface area contributed by atoms with Gasteiger partial charge in [0.15, 0.2) is 11.5 Å². The molecule has 0 radical (unpaired) electrons. The van der Waals surface area contributed by atoms with E-state index >= 15 is 0 Å². The number of alkyl halides is 3. The lowest BCUT2D eigenvalue weighted by molar-refractivity contribution is -0.140. The third-order valence-electron chi connectivity index (χ3n) is 7.05. The number of nitrogens with one attached hydrogen (secondary N) is 2. The highest BCUT2D eigenvalue weighted by Crippen LogP contribution is 2.44. The number of aliphatic hydroxyl groups excluding tert-OH is 1. The van der Waals surface area contributed by atoms with Gasteiger partial charge in [-0.05, 0) is 44.5 Å². The molecule has 9 nitrogen and oxygen atoms in total. The van der Waals surface area contributed by atoms with Crippen LogP contribution < -0.4 is 20.1 Å². The summed E-state index contributed by atoms with van der Waals surface area (Å²) in [5.74, 6) is -3.80. The van der Waals surface area contributed by atoms with Gasteiger partial charge in [0.05, 0.1) is 37.9 Å². The smallest absolute Gasteiger partial charge is 0.431 e. The number of para-hydroxylation sites is 2. The third kappa shape index (κ3) is 9.69. The Bertz CT molecular complexity index is 1380. The first-order valence-corrected chi connectivity index (χ1v) is 14.4. The van der Waals surface area contributed by atoms with Crippen molar-refractivity contribution < 1.29 is 51.2 Å². The Labute approximate surface area is 259 Å². The summed E-state index contributed by atoms with van der Waals surface area (Å²) in [6, 6.07) is 12.1. The summed E-state index contributed by atoms with van der Waals surface area (Å²) in [7, 11) is 2.44. The summed E-state index contributed by atoms with van der Waals surface area (Å²) in [4.78, 5) is 25.8. The number of unbranched alkanes of at least 4 members (excludes halogenated alkanes) is 3. The van der Waals surface area contributed by atoms with Gasteiger partial charge in [0.1, 0.15) is 24.2 Å². The van der Waals surface area contributed by atoms with Gasteiger partial charge in [0, 0.05) is 17.8 Å². The molecule has 13 heteroatoms. The Balaban J connectivity index is 1.49. The summed E-state index contributed by atoms with van der Waals surface area (Å²) < 4.78 is 77.6. The first-order chi connectivity index (χ1) is 21.5. The highest BCUT2D eigenvalue weighted by molar-refractivity contribution is 6.00. The molecule has 246 valence electrons. The number of hydrogen-bond donors (Lipinski definition) is 3. The molecule has 0 aromatic heterocycles. The Kier molecular flexibility index (Phi) is 13.2. The van der Waals surface area contributed by atoms with Crippen LogP contribution >= 0.6 is 0 Å². The van der Waals surface area contributed by atoms with E-state index in [1.54, 1.807) is 12.1 Å². The van der Waals surface area contributed by atoms with E-state index in [1.807, 2.05) is 12.1 Å². The normalized spacial score (nSPS) is 15.8. The molecule has 2 aromatic rings. The van der Waals surface area contributed by atoms with Crippen molar-refractivity contribution in [3.8, 4) is 11.5 Å². The number of rotatable bonds is 16. The van der Waals surface area contributed by atoms with Crippen molar-refractivity contribution in [3.63, 3.8) is 0 Å². The van der Waals surface area contributed by atoms with Crippen molar-refractivity contribution in [1.82, 2.24) is 10.6 Å². The molecule has 3 rings (SSSR count). The summed E-state index contributed by atoms with van der Waals surface area (Å²) in [5, 5.41) is 15.4. The number of carbonyl (C=O) groups excluding carboxylic acids is 2. The quantitative estimate of drug-likeness (QED) is 0.134. The molecule has 0 spiro atoms. The lowest BCUT2D eigenvalue weighted by Crippen LogP contribution is -2.38. The summed E-state index contributed by atoms with van der Waals surface area (Å²) in [5.41, 5.74) is -3.18. The fourth-order valence-corrected chi connectivity index (χ4v) is 4.87. The van der Waals surface area contributed by atoms with Gasteiger partial charge in [-0.3, -0.25) is 0 Å². The molecule has 2 atom stereocenters. The van der Waals surface area contributed by atoms with E-state index < -0.39 is 47.2 Å². The average molecular weight is 639 g/mol. The molecule has 2 unspecified atom stereocenters. The molecule has 0 saturated heterocycles. The van der Waals surface area contributed by atoms with Crippen LogP contribution in [-0.2, 0) is 19.1 Å². The Hall–Kier alpha value is -4.10. The van der Waals surface area contributed by atoms with Gasteiger partial charge in [0.25, 0.3) is 0 Å². The largest absolute Gasteiger partial charge is 0.493 e. The summed E-state index contributed by atoms with van der Waals surface area (Å²) in [6.45, 7) is 2.26. The van der Waals surface area contributed by atoms with Gasteiger partial charge in [-0.15, -0.1) is 0 Å². The van der Waals surface area contributed by atoms with Crippen molar-refractivity contribution in [2.45, 2.75) is 50.8 Å². The molecule has 2 aromatic carbocycles. The number of esters is 2. The summed E-state index contributed by atoms with van der Waals surface area (Å²) in [6.07, 6.45) is -3.02. The van der Waals surface area contributed by atoms with Gasteiger partial charge in [-0.2, -0.15) is 13.2 Å². The fourth-order valence-electron chi connectivity index (χ4n) is 4.87. The number of methoxy groups -OCH3 is 2. The molecule has 1 aliphatic rings. The minimum Gasteiger partial charge on any atom is -0.493 e. The third-order valence-corrected chi connectivity index (χ3v) is 7.05. The minimum atomic E-state index is -5.01. The van der Waals surface area contributed by atoms with Crippen LogP contribution in [0.2, 0.25) is 0 Å². The first kappa shape index (κ1) is 35.4. The maximum Gasteiger partial charge on any atom is 0.431 e. The lowest BCUT2D eigenvalue weighted by atomic mass is 9.80. The summed E-state index contributed by atoms with van der Waals surface area (Å²) >= 11 is 0. The van der Waals surface area contributed by atoms with Gasteiger partial charge in [0.2, 0.25) is 0 Å². The van der Waals surface area contributed by atoms with Gasteiger partial charge in [-0.1, -0.05) is 43.2 Å². The second-order valence-electron chi connectivity index (χ2n) is 10.3. The van der Waals surface area contributed by atoms with Crippen LogP contribution in [0.3, 0.4) is 0 Å². The SMILES string of the molecule is COC(=O)C1=C(C(F)(F)F)NC(C)=C(C(=O)OCCCCCCNCC(O)COc2ccccc2OC)C1c1ccccc1F. The Morgan fingerprint density at radius 1 is 0.956 bits per heavy atom. The number of dihydropyridines is 1. The van der Waals surface area contributed by atoms with E-state index in [9.17, 15) is 32.3 Å². The first-order valence-electron chi connectivity index (χ1n) is 14.4. The molecular weight excluding hydrogens is 600 g/mol. The number of aliphatic hydroxyl groups is 1. The second-order valence-corrected chi connectivity index (χ2v) is 10.3. The van der Waals surface area contributed by atoms with E-state index in [0.29, 0.717) is 37.4 Å². The van der Waals surface area contributed by atoms with Crippen LogP contribution in [0.25, 0.3) is 0 Å². The van der Waals surface area contributed by atoms with Crippen LogP contribution in [0.5, 0.6) is 11.5 Å². The van der Waals surface area contributed by atoms with Crippen molar-refractivity contribution in [2.75, 3.05) is 40.5 Å². The molecule has 0 aliphatic carbocycles. The maximum atomic E-state index is 14.9. The molecule has 0 amide bonds. The van der Waals surface area contributed by atoms with E-state index in [-0.39, 0.29) is 30.0 Å². The van der Waals surface area contributed by atoms with E-state index in [1.165, 1.54) is 32.2 Å². The number of hydrogen-bond acceptors (Lipinski definition) is 9. The molecule has 45 heavy (non-hydrogen) atoms. The van der Waals surface area contributed by atoms with Crippen LogP contribution in [-0.4, -0.2) is 69.8 Å². The molecule has 0 bridgehead atoms. The van der Waals surface area contributed by atoms with Crippen LogP contribution in [0, 0.1) is 5.82 Å². The minimum absolute atomic E-state index is 0.0323. The maximum absolute atomic E-state index is 14.9. The van der Waals surface area contributed by atoms with Crippen molar-refractivity contribution in [1.29, 1.82) is 0 Å². The van der Waals surface area contributed by atoms with Crippen LogP contribution in [0.15, 0.2) is 71.1 Å². The molecule has 0 saturated carbocycles. The molecule has 1 heterocycles. The molecular formula is C32H38F4N2O7. The van der Waals surface area contributed by atoms with E-state index in [4.69, 9.17) is 14.2 Å². The predicted octanol–water partition coefficient (Wildman–Crippen LogP) is 4.92. The molecule has 0 fully saturated rings. The molecule has 3 N–H and O–H groups in total. The van der Waals surface area contributed by atoms with Crippen molar-refractivity contribution in [2.24, 2.45) is 0 Å². The van der Waals surface area contributed by atoms with Gasteiger partial charge in [-0.25, -0.2) is 14.0 Å². The number of allylic oxidation sites excluding steroid dienone is 2. The zero-order chi connectivity index (χ0) is 33.0. The zero-order valence-electron chi connectivity index (χ0n) is 25.3. The van der Waals surface area contributed by atoms with Crippen molar-refractivity contribution >= 4 is 11.9 Å². The van der Waals surface area contributed by atoms with Gasteiger partial charge >= 0.3 is 18.1 Å². The number of benzene rings is 2. The number of halogens is 4. The number of ether oxygens (including phenoxy) is 4. The monoisotopic (exact) mass is 638 g/mol. The average Bonchev–Trinajstić information content (AvgIpc) is 3.01. The fraction of sp³-hybridized carbons (Fsp3) is 0.438. The zero-order valence-corrected chi connectivity index (χ0v) is 25.3. The molecule has 1 aliphatic heterocycles. The Morgan fingerprint density at radius 3 is 2.29 bits per heavy atom. The highest BCUT2D eigenvalue weighted by atomic mass is 19.4. The second kappa shape index (κ2) is 16.8. The van der Waals surface area contributed by atoms with Gasteiger partial charge < -0.3 is 34.7 Å². The lowest BCUT2D eigenvalue weighted by Gasteiger charge is -2.32. The van der Waals surface area contributed by atoms with Crippen LogP contribution in [0.4, 0.5) is 17.6 Å². The van der Waals surface area contributed by atoms with E-state index in [2.05, 4.69) is 15.4 Å². The predicted molar refractivity (Wildman–Crippen MR) is 157 cm³/mol. The Morgan fingerprint density at radius 2 is 1.62 bits per heavy atom. The van der Waals surface area contributed by atoms with Crippen molar-refractivity contribution in [3.05, 3.63) is 82.5 Å². The highest BCUT2D eigenvalue weighted by Gasteiger charge is 2.48. The van der Waals surface area contributed by atoms with Crippen LogP contribution in [0.1, 0.15) is 44.1 Å². The van der Waals surface area contributed by atoms with E-state index in [0.717, 1.165) is 26.0 Å². The topological polar surface area (TPSA) is 115 Å². The number of carbonyl (C=O) groups is 2. The standard InChI is InChI=1S/C32H38F4N2O7/c1-20-26(27(22-12-6-7-13-23(22)33)28(30(40)43-3)29(38-20)32(34,35)36)31(41)44-17-11-5-4-10-16-37-18-21(39)19-45-25-15-9-8-14-24(25)42-2/h6-9,12-15,21,27,37-39H,4-5,10-11,16-19H2,1-3H3.